The molecule has 1 saturated carbocycles. The van der Waals surface area contributed by atoms with E-state index in [1.54, 1.807) is 6.42 Å². The third-order valence-corrected chi connectivity index (χ3v) is 5.99. The molecule has 110 valence electrons. The second-order valence-electron chi connectivity index (χ2n) is 7.86. The molecular weight excluding hydrogens is 232 g/mol. The average molecular weight is 265 g/mol. The first-order chi connectivity index (χ1) is 9.23. The van der Waals surface area contributed by atoms with Gasteiger partial charge in [-0.05, 0) is 50.5 Å². The molecule has 0 N–H and O–H groups in total. The van der Waals surface area contributed by atoms with Crippen LogP contribution in [0.5, 0.6) is 0 Å². The maximum Gasteiger partial charge on any atom is 0.0786 e. The molecule has 2 heterocycles. The van der Waals surface area contributed by atoms with Gasteiger partial charge in [0.1, 0.15) is 0 Å². The van der Waals surface area contributed by atoms with Gasteiger partial charge in [-0.3, -0.25) is 0 Å². The van der Waals surface area contributed by atoms with Crippen LogP contribution < -0.4 is 0 Å². The van der Waals surface area contributed by atoms with Crippen molar-refractivity contribution in [3.8, 4) is 0 Å². The molecule has 19 heavy (non-hydrogen) atoms. The highest BCUT2D eigenvalue weighted by molar-refractivity contribution is 4.83. The van der Waals surface area contributed by atoms with Crippen molar-refractivity contribution in [1.82, 2.24) is 4.90 Å². The first-order valence-electron chi connectivity index (χ1n) is 8.79. The van der Waals surface area contributed by atoms with Crippen molar-refractivity contribution in [1.29, 1.82) is 0 Å². The first kappa shape index (κ1) is 13.9. The van der Waals surface area contributed by atoms with E-state index in [-0.39, 0.29) is 0 Å². The fourth-order valence-corrected chi connectivity index (χ4v) is 4.87. The summed E-state index contributed by atoms with van der Waals surface area (Å²) in [6.45, 7) is 8.53. The fourth-order valence-electron chi connectivity index (χ4n) is 4.87. The molecular formula is C17H33N2+. The van der Waals surface area contributed by atoms with E-state index in [9.17, 15) is 0 Å². The summed E-state index contributed by atoms with van der Waals surface area (Å²) in [5, 5.41) is 0. The van der Waals surface area contributed by atoms with Crippen molar-refractivity contribution in [2.75, 3.05) is 46.3 Å². The van der Waals surface area contributed by atoms with E-state index in [0.717, 1.165) is 11.8 Å². The molecule has 3 rings (SSSR count). The third kappa shape index (κ3) is 3.72. The van der Waals surface area contributed by atoms with E-state index in [4.69, 9.17) is 0 Å². The number of hydrogen-bond donors (Lipinski definition) is 0. The fraction of sp³-hybridized carbons (Fsp3) is 1.00. The lowest BCUT2D eigenvalue weighted by Gasteiger charge is -2.41. The summed E-state index contributed by atoms with van der Waals surface area (Å²) in [5.74, 6) is 2.10. The van der Waals surface area contributed by atoms with Crippen LogP contribution in [-0.4, -0.2) is 55.7 Å². The second-order valence-corrected chi connectivity index (χ2v) is 7.86. The van der Waals surface area contributed by atoms with Crippen molar-refractivity contribution in [2.45, 2.75) is 51.4 Å². The molecule has 0 radical (unpaired) electrons. The van der Waals surface area contributed by atoms with Gasteiger partial charge in [0.2, 0.25) is 0 Å². The van der Waals surface area contributed by atoms with Crippen LogP contribution in [0.1, 0.15) is 51.4 Å². The molecule has 2 atom stereocenters. The SMILES string of the molecule is C[N+]1(CCCCN2CC3CCCC(C3)C2)CCCC1. The quantitative estimate of drug-likeness (QED) is 0.545. The molecule has 0 amide bonds. The zero-order valence-corrected chi connectivity index (χ0v) is 12.9. The first-order valence-corrected chi connectivity index (χ1v) is 8.79. The number of hydrogen-bond acceptors (Lipinski definition) is 1. The van der Waals surface area contributed by atoms with Gasteiger partial charge in [0.15, 0.2) is 0 Å². The van der Waals surface area contributed by atoms with Gasteiger partial charge in [0, 0.05) is 25.9 Å². The normalized spacial score (nSPS) is 34.6. The molecule has 0 aromatic heterocycles. The maximum absolute atomic E-state index is 2.79. The Labute approximate surface area is 119 Å². The number of nitrogens with zero attached hydrogens (tertiary/aromatic N) is 2. The van der Waals surface area contributed by atoms with Crippen LogP contribution in [0.2, 0.25) is 0 Å². The van der Waals surface area contributed by atoms with E-state index in [1.807, 2.05) is 0 Å². The van der Waals surface area contributed by atoms with Crippen molar-refractivity contribution in [3.63, 3.8) is 0 Å². The van der Waals surface area contributed by atoms with Gasteiger partial charge in [0.05, 0.1) is 26.7 Å². The number of piperidine rings is 1. The van der Waals surface area contributed by atoms with Crippen LogP contribution in [0.25, 0.3) is 0 Å². The Morgan fingerprint density at radius 2 is 1.63 bits per heavy atom. The average Bonchev–Trinajstić information content (AvgIpc) is 2.82. The summed E-state index contributed by atoms with van der Waals surface area (Å²) in [6.07, 6.45) is 11.9. The summed E-state index contributed by atoms with van der Waals surface area (Å²) in [6, 6.07) is 0. The molecule has 2 bridgehead atoms. The Bertz CT molecular complexity index is 271. The van der Waals surface area contributed by atoms with Gasteiger partial charge in [-0.1, -0.05) is 6.42 Å². The van der Waals surface area contributed by atoms with Gasteiger partial charge in [-0.25, -0.2) is 0 Å². The van der Waals surface area contributed by atoms with E-state index in [0.29, 0.717) is 0 Å². The van der Waals surface area contributed by atoms with Gasteiger partial charge < -0.3 is 9.38 Å². The van der Waals surface area contributed by atoms with Crippen LogP contribution in [0.15, 0.2) is 0 Å². The summed E-state index contributed by atoms with van der Waals surface area (Å²) >= 11 is 0. The largest absolute Gasteiger partial charge is 0.326 e. The smallest absolute Gasteiger partial charge is 0.0786 e. The summed E-state index contributed by atoms with van der Waals surface area (Å²) in [7, 11) is 2.47. The van der Waals surface area contributed by atoms with Gasteiger partial charge >= 0.3 is 0 Å². The molecule has 2 nitrogen and oxygen atoms in total. The monoisotopic (exact) mass is 265 g/mol. The lowest BCUT2D eigenvalue weighted by Crippen LogP contribution is -2.44. The molecule has 2 heteroatoms. The molecule has 3 fully saturated rings. The number of likely N-dealkylation sites (tertiary alicyclic amines) is 2. The molecule has 0 aromatic rings. The molecule has 2 saturated heterocycles. The summed E-state index contributed by atoms with van der Waals surface area (Å²) < 4.78 is 1.37. The minimum absolute atomic E-state index is 1.05. The highest BCUT2D eigenvalue weighted by Gasteiger charge is 2.30. The third-order valence-electron chi connectivity index (χ3n) is 5.99. The minimum Gasteiger partial charge on any atom is -0.326 e. The van der Waals surface area contributed by atoms with Crippen molar-refractivity contribution >= 4 is 0 Å². The zero-order chi connectivity index (χ0) is 13.1. The highest BCUT2D eigenvalue weighted by Crippen LogP contribution is 2.34. The van der Waals surface area contributed by atoms with Gasteiger partial charge in [0.25, 0.3) is 0 Å². The minimum atomic E-state index is 1.05. The number of rotatable bonds is 5. The standard InChI is InChI=1S/C17H33N2/c1-19(11-4-5-12-19)10-3-2-9-18-14-16-7-6-8-17(13-16)15-18/h16-17H,2-15H2,1H3/q+1. The van der Waals surface area contributed by atoms with Crippen molar-refractivity contribution in [2.24, 2.45) is 11.8 Å². The van der Waals surface area contributed by atoms with Crippen molar-refractivity contribution in [3.05, 3.63) is 0 Å². The topological polar surface area (TPSA) is 3.24 Å². The number of quaternary nitrogens is 1. The Morgan fingerprint density at radius 3 is 2.32 bits per heavy atom. The molecule has 1 aliphatic carbocycles. The predicted molar refractivity (Wildman–Crippen MR) is 81.1 cm³/mol. The van der Waals surface area contributed by atoms with Crippen molar-refractivity contribution < 1.29 is 4.48 Å². The van der Waals surface area contributed by atoms with E-state index in [2.05, 4.69) is 11.9 Å². The van der Waals surface area contributed by atoms with Gasteiger partial charge in [-0.15, -0.1) is 0 Å². The van der Waals surface area contributed by atoms with Crippen LogP contribution in [0.4, 0.5) is 0 Å². The van der Waals surface area contributed by atoms with Crippen LogP contribution in [0, 0.1) is 11.8 Å². The molecule has 3 aliphatic rings. The van der Waals surface area contributed by atoms with Crippen LogP contribution >= 0.6 is 0 Å². The second kappa shape index (κ2) is 6.13. The van der Waals surface area contributed by atoms with Crippen LogP contribution in [-0.2, 0) is 0 Å². The number of fused-ring (bicyclic) bond motifs is 2. The molecule has 0 spiro atoms. The predicted octanol–water partition coefficient (Wildman–Crippen LogP) is 3.13. The van der Waals surface area contributed by atoms with Gasteiger partial charge in [-0.2, -0.15) is 0 Å². The zero-order valence-electron chi connectivity index (χ0n) is 12.9. The Morgan fingerprint density at radius 1 is 0.947 bits per heavy atom. The van der Waals surface area contributed by atoms with Crippen LogP contribution in [0.3, 0.4) is 0 Å². The Balaban J connectivity index is 1.34. The van der Waals surface area contributed by atoms with E-state index < -0.39 is 0 Å². The maximum atomic E-state index is 2.79. The highest BCUT2D eigenvalue weighted by atomic mass is 15.3. The lowest BCUT2D eigenvalue weighted by atomic mass is 9.78. The number of unbranched alkanes of at least 4 members (excludes halogenated alkanes) is 1. The summed E-state index contributed by atoms with van der Waals surface area (Å²) in [5.41, 5.74) is 0. The Hall–Kier alpha value is -0.0800. The van der Waals surface area contributed by atoms with E-state index >= 15 is 0 Å². The Kier molecular flexibility index (Phi) is 4.48. The summed E-state index contributed by atoms with van der Waals surface area (Å²) in [4.78, 5) is 2.79. The molecule has 2 unspecified atom stereocenters. The molecule has 2 aliphatic heterocycles. The van der Waals surface area contributed by atoms with E-state index in [1.165, 1.54) is 88.7 Å². The lowest BCUT2D eigenvalue weighted by molar-refractivity contribution is -0.897. The molecule has 0 aromatic carbocycles.